The standard InChI is InChI=1S/C22H31FN4OS.HI/c1-17(28-21-10-4-3-9-20(21)23)13-25-22(24-2)26-14-18-7-5-11-27(15-18)16-19-8-6-12-29-19;/h3-4,6,8-10,12,17-18H,5,7,11,13-16H2,1-2H3,(H2,24,25,26);1H. The largest absolute Gasteiger partial charge is 0.486 e. The van der Waals surface area contributed by atoms with Gasteiger partial charge in [0.2, 0.25) is 0 Å². The Bertz CT molecular complexity index is 774. The Morgan fingerprint density at radius 2 is 2.13 bits per heavy atom. The summed E-state index contributed by atoms with van der Waals surface area (Å²) in [5.41, 5.74) is 0. The first kappa shape index (κ1) is 24.9. The molecule has 30 heavy (non-hydrogen) atoms. The average Bonchev–Trinajstić information content (AvgIpc) is 3.23. The third-order valence-electron chi connectivity index (χ3n) is 5.07. The monoisotopic (exact) mass is 546 g/mol. The maximum atomic E-state index is 13.7. The SMILES string of the molecule is CN=C(NCC1CCCN(Cc2cccs2)C1)NCC(C)Oc1ccccc1F.I. The van der Waals surface area contributed by atoms with Crippen molar-refractivity contribution in [1.82, 2.24) is 15.5 Å². The number of para-hydroxylation sites is 1. The molecule has 1 aliphatic rings. The maximum absolute atomic E-state index is 13.7. The van der Waals surface area contributed by atoms with E-state index in [-0.39, 0.29) is 41.6 Å². The Kier molecular flexibility index (Phi) is 10.9. The van der Waals surface area contributed by atoms with Crippen LogP contribution in [-0.4, -0.2) is 50.2 Å². The van der Waals surface area contributed by atoms with Crippen molar-refractivity contribution in [3.05, 3.63) is 52.5 Å². The summed E-state index contributed by atoms with van der Waals surface area (Å²) in [7, 11) is 1.77. The van der Waals surface area contributed by atoms with Gasteiger partial charge in [0.25, 0.3) is 0 Å². The van der Waals surface area contributed by atoms with Crippen LogP contribution in [0.15, 0.2) is 46.8 Å². The number of rotatable bonds is 8. The number of guanidine groups is 1. The second-order valence-electron chi connectivity index (χ2n) is 7.52. The van der Waals surface area contributed by atoms with Crippen molar-refractivity contribution in [3.63, 3.8) is 0 Å². The molecule has 0 radical (unpaired) electrons. The Labute approximate surface area is 200 Å². The molecule has 2 N–H and O–H groups in total. The highest BCUT2D eigenvalue weighted by molar-refractivity contribution is 14.0. The van der Waals surface area contributed by atoms with E-state index in [0.29, 0.717) is 12.5 Å². The van der Waals surface area contributed by atoms with Crippen LogP contribution in [0.2, 0.25) is 0 Å². The zero-order valence-corrected chi connectivity index (χ0v) is 20.8. The smallest absolute Gasteiger partial charge is 0.191 e. The van der Waals surface area contributed by atoms with Gasteiger partial charge in [-0.25, -0.2) is 4.39 Å². The second kappa shape index (κ2) is 13.1. The van der Waals surface area contributed by atoms with Crippen LogP contribution >= 0.6 is 35.3 Å². The lowest BCUT2D eigenvalue weighted by molar-refractivity contribution is 0.169. The molecule has 0 bridgehead atoms. The average molecular weight is 546 g/mol. The van der Waals surface area contributed by atoms with Crippen LogP contribution in [0.5, 0.6) is 5.75 Å². The van der Waals surface area contributed by atoms with Gasteiger partial charge in [-0.05, 0) is 55.8 Å². The maximum Gasteiger partial charge on any atom is 0.191 e. The topological polar surface area (TPSA) is 48.9 Å². The van der Waals surface area contributed by atoms with E-state index in [1.807, 2.05) is 18.3 Å². The first-order valence-electron chi connectivity index (χ1n) is 10.2. The van der Waals surface area contributed by atoms with Crippen molar-refractivity contribution in [2.75, 3.05) is 33.2 Å². The van der Waals surface area contributed by atoms with Gasteiger partial charge in [0.1, 0.15) is 6.10 Å². The third-order valence-corrected chi connectivity index (χ3v) is 5.93. The van der Waals surface area contributed by atoms with Crippen LogP contribution in [0.4, 0.5) is 4.39 Å². The highest BCUT2D eigenvalue weighted by Gasteiger charge is 2.20. The van der Waals surface area contributed by atoms with Crippen LogP contribution in [0.1, 0.15) is 24.6 Å². The molecule has 0 spiro atoms. The van der Waals surface area contributed by atoms with Crippen LogP contribution in [0, 0.1) is 11.7 Å². The van der Waals surface area contributed by atoms with Gasteiger partial charge < -0.3 is 15.4 Å². The van der Waals surface area contributed by atoms with E-state index in [2.05, 4.69) is 38.0 Å². The molecule has 1 aromatic heterocycles. The summed E-state index contributed by atoms with van der Waals surface area (Å²) in [6, 6.07) is 10.8. The number of aliphatic imine (C=N–C) groups is 1. The summed E-state index contributed by atoms with van der Waals surface area (Å²) >= 11 is 1.83. The van der Waals surface area contributed by atoms with E-state index in [9.17, 15) is 4.39 Å². The van der Waals surface area contributed by atoms with Crippen LogP contribution in [0.25, 0.3) is 0 Å². The molecular weight excluding hydrogens is 514 g/mol. The number of likely N-dealkylation sites (tertiary alicyclic amines) is 1. The van der Waals surface area contributed by atoms with Crippen LogP contribution in [0.3, 0.4) is 0 Å². The number of halogens is 2. The second-order valence-corrected chi connectivity index (χ2v) is 8.55. The number of piperidine rings is 1. The van der Waals surface area contributed by atoms with Crippen molar-refractivity contribution in [2.24, 2.45) is 10.9 Å². The Balaban J connectivity index is 0.00000320. The molecule has 1 fully saturated rings. The molecule has 0 amide bonds. The zero-order valence-electron chi connectivity index (χ0n) is 17.6. The number of hydrogen-bond donors (Lipinski definition) is 2. The molecule has 5 nitrogen and oxygen atoms in total. The van der Waals surface area contributed by atoms with E-state index in [4.69, 9.17) is 4.74 Å². The van der Waals surface area contributed by atoms with Crippen LogP contribution < -0.4 is 15.4 Å². The first-order chi connectivity index (χ1) is 14.1. The van der Waals surface area contributed by atoms with Gasteiger partial charge in [0.15, 0.2) is 17.5 Å². The van der Waals surface area contributed by atoms with Gasteiger partial charge in [-0.15, -0.1) is 35.3 Å². The fourth-order valence-electron chi connectivity index (χ4n) is 3.59. The van der Waals surface area contributed by atoms with Gasteiger partial charge in [0.05, 0.1) is 6.54 Å². The number of hydrogen-bond acceptors (Lipinski definition) is 4. The number of ether oxygens (including phenoxy) is 1. The first-order valence-corrected chi connectivity index (χ1v) is 11.1. The van der Waals surface area contributed by atoms with E-state index < -0.39 is 0 Å². The number of nitrogens with one attached hydrogen (secondary N) is 2. The minimum atomic E-state index is -0.341. The normalized spacial score (nSPS) is 18.4. The molecule has 2 heterocycles. The lowest BCUT2D eigenvalue weighted by Crippen LogP contribution is -2.46. The molecule has 0 saturated carbocycles. The summed E-state index contributed by atoms with van der Waals surface area (Å²) < 4.78 is 19.4. The lowest BCUT2D eigenvalue weighted by atomic mass is 9.98. The fourth-order valence-corrected chi connectivity index (χ4v) is 4.33. The molecule has 8 heteroatoms. The van der Waals surface area contributed by atoms with Gasteiger partial charge in [0, 0.05) is 31.6 Å². The summed E-state index contributed by atoms with van der Waals surface area (Å²) in [4.78, 5) is 8.28. The van der Waals surface area contributed by atoms with Gasteiger partial charge >= 0.3 is 0 Å². The summed E-state index contributed by atoms with van der Waals surface area (Å²) in [5, 5.41) is 8.85. The molecule has 0 aliphatic carbocycles. The van der Waals surface area contributed by atoms with Crippen molar-refractivity contribution in [2.45, 2.75) is 32.4 Å². The molecule has 1 aliphatic heterocycles. The third kappa shape index (κ3) is 8.03. The molecule has 2 atom stereocenters. The molecule has 1 saturated heterocycles. The molecular formula is C22H32FIN4OS. The van der Waals surface area contributed by atoms with E-state index >= 15 is 0 Å². The minimum absolute atomic E-state index is 0. The predicted octanol–water partition coefficient (Wildman–Crippen LogP) is 4.35. The van der Waals surface area contributed by atoms with Gasteiger partial charge in [-0.1, -0.05) is 18.2 Å². The van der Waals surface area contributed by atoms with Gasteiger partial charge in [-0.2, -0.15) is 0 Å². The zero-order chi connectivity index (χ0) is 20.5. The summed E-state index contributed by atoms with van der Waals surface area (Å²) in [6.07, 6.45) is 2.29. The molecule has 2 unspecified atom stereocenters. The Morgan fingerprint density at radius 3 is 2.87 bits per heavy atom. The minimum Gasteiger partial charge on any atom is -0.486 e. The number of nitrogens with zero attached hydrogens (tertiary/aromatic N) is 2. The predicted molar refractivity (Wildman–Crippen MR) is 134 cm³/mol. The van der Waals surface area contributed by atoms with Crippen molar-refractivity contribution >= 4 is 41.3 Å². The van der Waals surface area contributed by atoms with Gasteiger partial charge in [-0.3, -0.25) is 9.89 Å². The van der Waals surface area contributed by atoms with Crippen molar-refractivity contribution in [1.29, 1.82) is 0 Å². The molecule has 3 rings (SSSR count). The molecule has 2 aromatic rings. The number of thiophene rings is 1. The van der Waals surface area contributed by atoms with E-state index in [1.165, 1.54) is 30.3 Å². The summed E-state index contributed by atoms with van der Waals surface area (Å²) in [6.45, 7) is 6.68. The quantitative estimate of drug-likeness (QED) is 0.294. The molecule has 166 valence electrons. The number of benzene rings is 1. The Hall–Kier alpha value is -1.39. The van der Waals surface area contributed by atoms with E-state index in [0.717, 1.165) is 25.6 Å². The van der Waals surface area contributed by atoms with Crippen LogP contribution in [-0.2, 0) is 6.54 Å². The van der Waals surface area contributed by atoms with Crippen molar-refractivity contribution < 1.29 is 9.13 Å². The summed E-state index contributed by atoms with van der Waals surface area (Å²) in [5.74, 6) is 1.29. The van der Waals surface area contributed by atoms with E-state index in [1.54, 1.807) is 25.2 Å². The lowest BCUT2D eigenvalue weighted by Gasteiger charge is -2.32. The van der Waals surface area contributed by atoms with Crippen molar-refractivity contribution in [3.8, 4) is 5.75 Å². The Morgan fingerprint density at radius 1 is 1.30 bits per heavy atom. The fraction of sp³-hybridized carbons (Fsp3) is 0.500. The highest BCUT2D eigenvalue weighted by Crippen LogP contribution is 2.20. The molecule has 1 aromatic carbocycles. The highest BCUT2D eigenvalue weighted by atomic mass is 127.